The first-order valence-corrected chi connectivity index (χ1v) is 4.73. The van der Waals surface area contributed by atoms with Crippen LogP contribution in [0, 0.1) is 0 Å². The minimum atomic E-state index is -1.83. The molecule has 0 aliphatic carbocycles. The molecule has 1 aromatic carbocycles. The molecule has 0 unspecified atom stereocenters. The Bertz CT molecular complexity index is 464. The van der Waals surface area contributed by atoms with Crippen LogP contribution < -0.4 is 5.11 Å². The second-order valence-electron chi connectivity index (χ2n) is 3.14. The number of carbonyl (C=O) groups excluding carboxylic acids is 2. The van der Waals surface area contributed by atoms with E-state index in [9.17, 15) is 14.7 Å². The van der Waals surface area contributed by atoms with E-state index in [0.717, 1.165) is 5.56 Å². The first-order chi connectivity index (χ1) is 8.15. The van der Waals surface area contributed by atoms with Gasteiger partial charge in [-0.2, -0.15) is 4.79 Å². The molecule has 0 saturated heterocycles. The lowest BCUT2D eigenvalue weighted by Gasteiger charge is -2.02. The quantitative estimate of drug-likeness (QED) is 0.277. The average molecular weight is 233 g/mol. The zero-order valence-electron chi connectivity index (χ0n) is 8.83. The molecule has 1 rings (SSSR count). The number of ketones is 1. The molecule has 0 aromatic heterocycles. The molecule has 0 heterocycles. The highest BCUT2D eigenvalue weighted by atomic mass is 16.5. The zero-order chi connectivity index (χ0) is 12.7. The normalized spacial score (nSPS) is 9.41. The fourth-order valence-corrected chi connectivity index (χ4v) is 1.11. The Kier molecular flexibility index (Phi) is 4.75. The van der Waals surface area contributed by atoms with Gasteiger partial charge in [0.1, 0.15) is 6.61 Å². The Morgan fingerprint density at radius 3 is 2.47 bits per heavy atom. The summed E-state index contributed by atoms with van der Waals surface area (Å²) in [6, 6.07) is 9.04. The molecular formula is C11H9N2O4-. The van der Waals surface area contributed by atoms with Crippen molar-refractivity contribution in [2.75, 3.05) is 6.61 Å². The summed E-state index contributed by atoms with van der Waals surface area (Å²) >= 11 is 0. The lowest BCUT2D eigenvalue weighted by Crippen LogP contribution is -2.39. The molecule has 6 nitrogen and oxygen atoms in total. The largest absolute Gasteiger partial charge is 0.538 e. The Labute approximate surface area is 97.1 Å². The van der Waals surface area contributed by atoms with Gasteiger partial charge in [-0.25, -0.2) is 0 Å². The van der Waals surface area contributed by atoms with Gasteiger partial charge in [-0.3, -0.25) is 4.79 Å². The van der Waals surface area contributed by atoms with E-state index in [0.29, 0.717) is 0 Å². The molecule has 88 valence electrons. The van der Waals surface area contributed by atoms with Crippen molar-refractivity contribution in [2.45, 2.75) is 6.61 Å². The summed E-state index contributed by atoms with van der Waals surface area (Å²) in [5, 5.41) is 10.3. The van der Waals surface area contributed by atoms with E-state index in [4.69, 9.17) is 10.3 Å². The molecule has 6 heteroatoms. The van der Waals surface area contributed by atoms with E-state index in [1.165, 1.54) is 0 Å². The molecule has 0 saturated carbocycles. The first kappa shape index (κ1) is 12.8. The molecule has 0 fully saturated rings. The van der Waals surface area contributed by atoms with Crippen LogP contribution in [0.5, 0.6) is 0 Å². The number of nitrogens with zero attached hydrogens (tertiary/aromatic N) is 2. The third-order valence-electron chi connectivity index (χ3n) is 1.90. The average Bonchev–Trinajstić information content (AvgIpc) is 2.30. The van der Waals surface area contributed by atoms with Crippen molar-refractivity contribution in [1.29, 1.82) is 0 Å². The number of Topliss-reactive ketones (excluding diaryl/α,β-unsaturated/α-hetero) is 1. The van der Waals surface area contributed by atoms with E-state index in [2.05, 4.69) is 4.79 Å². The van der Waals surface area contributed by atoms with Gasteiger partial charge in [-0.15, -0.1) is 0 Å². The molecule has 17 heavy (non-hydrogen) atoms. The molecular weight excluding hydrogens is 224 g/mol. The van der Waals surface area contributed by atoms with E-state index in [1.54, 1.807) is 12.1 Å². The smallest absolute Gasteiger partial charge is 0.382 e. The van der Waals surface area contributed by atoms with Crippen LogP contribution in [0.2, 0.25) is 0 Å². The predicted molar refractivity (Wildman–Crippen MR) is 54.7 cm³/mol. The van der Waals surface area contributed by atoms with Crippen molar-refractivity contribution in [1.82, 2.24) is 0 Å². The van der Waals surface area contributed by atoms with Crippen LogP contribution >= 0.6 is 0 Å². The van der Waals surface area contributed by atoms with Crippen molar-refractivity contribution in [3.05, 3.63) is 41.4 Å². The van der Waals surface area contributed by atoms with Gasteiger partial charge in [0.2, 0.25) is 0 Å². The van der Waals surface area contributed by atoms with E-state index in [-0.39, 0.29) is 6.61 Å². The van der Waals surface area contributed by atoms with Crippen molar-refractivity contribution in [2.24, 2.45) is 0 Å². The molecule has 1 aromatic rings. The molecule has 0 bridgehead atoms. The number of carboxylic acid groups (broad SMARTS) is 1. The molecule has 0 aliphatic rings. The van der Waals surface area contributed by atoms with Crippen LogP contribution in [0.1, 0.15) is 5.56 Å². The standard InChI is InChI=1S/C11H10N2O4/c12-13-10(11(15)16)9(14)7-17-6-8-4-2-1-3-5-8/h1-5H,6-7H2,(H,15,16)/p-1. The van der Waals surface area contributed by atoms with Gasteiger partial charge < -0.3 is 20.2 Å². The highest BCUT2D eigenvalue weighted by Gasteiger charge is 2.21. The summed E-state index contributed by atoms with van der Waals surface area (Å²) in [6.07, 6.45) is 0. The lowest BCUT2D eigenvalue weighted by molar-refractivity contribution is -0.297. The number of ether oxygens (including phenoxy) is 1. The molecule has 0 aliphatic heterocycles. The number of hydrogen-bond donors (Lipinski definition) is 0. The van der Waals surface area contributed by atoms with Crippen molar-refractivity contribution >= 4 is 17.5 Å². The van der Waals surface area contributed by atoms with E-state index < -0.39 is 24.1 Å². The van der Waals surface area contributed by atoms with Crippen LogP contribution in [0.25, 0.3) is 5.53 Å². The maximum Gasteiger partial charge on any atom is 0.382 e. The van der Waals surface area contributed by atoms with E-state index >= 15 is 0 Å². The monoisotopic (exact) mass is 233 g/mol. The van der Waals surface area contributed by atoms with Crippen molar-refractivity contribution in [3.8, 4) is 0 Å². The second kappa shape index (κ2) is 6.32. The highest BCUT2D eigenvalue weighted by Crippen LogP contribution is 2.00. The molecule has 0 atom stereocenters. The summed E-state index contributed by atoms with van der Waals surface area (Å²) < 4.78 is 4.98. The number of rotatable bonds is 6. The van der Waals surface area contributed by atoms with Gasteiger partial charge in [0.15, 0.2) is 5.97 Å². The third-order valence-corrected chi connectivity index (χ3v) is 1.90. The van der Waals surface area contributed by atoms with Gasteiger partial charge in [-0.05, 0) is 5.56 Å². The fraction of sp³-hybridized carbons (Fsp3) is 0.182. The minimum Gasteiger partial charge on any atom is -0.538 e. The molecule has 0 radical (unpaired) electrons. The zero-order valence-corrected chi connectivity index (χ0v) is 8.83. The highest BCUT2D eigenvalue weighted by molar-refractivity contribution is 6.61. The lowest BCUT2D eigenvalue weighted by atomic mass is 10.2. The second-order valence-corrected chi connectivity index (χ2v) is 3.14. The maximum atomic E-state index is 11.2. The third kappa shape index (κ3) is 3.98. The van der Waals surface area contributed by atoms with Crippen LogP contribution in [-0.2, 0) is 20.9 Å². The van der Waals surface area contributed by atoms with Crippen LogP contribution in [0.4, 0.5) is 0 Å². The van der Waals surface area contributed by atoms with Gasteiger partial charge >= 0.3 is 5.71 Å². The Hall–Kier alpha value is -2.30. The van der Waals surface area contributed by atoms with Gasteiger partial charge in [-0.1, -0.05) is 30.3 Å². The van der Waals surface area contributed by atoms with Crippen molar-refractivity contribution in [3.63, 3.8) is 0 Å². The number of aliphatic carboxylic acids is 1. The molecule has 0 spiro atoms. The summed E-state index contributed by atoms with van der Waals surface area (Å²) in [5.74, 6) is -2.77. The summed E-state index contributed by atoms with van der Waals surface area (Å²) in [4.78, 5) is 23.8. The SMILES string of the molecule is [N-]=[N+]=C(C(=O)[O-])C(=O)COCc1ccccc1. The predicted octanol–water partition coefficient (Wildman–Crippen LogP) is -0.807. The van der Waals surface area contributed by atoms with E-state index in [1.807, 2.05) is 18.2 Å². The van der Waals surface area contributed by atoms with Gasteiger partial charge in [0.25, 0.3) is 5.78 Å². The van der Waals surface area contributed by atoms with Crippen LogP contribution in [0.3, 0.4) is 0 Å². The molecule has 0 N–H and O–H groups in total. The topological polar surface area (TPSA) is 103 Å². The molecule has 0 amide bonds. The van der Waals surface area contributed by atoms with Crippen LogP contribution in [0.15, 0.2) is 30.3 Å². The Morgan fingerprint density at radius 1 is 1.29 bits per heavy atom. The number of benzene rings is 1. The van der Waals surface area contributed by atoms with Gasteiger partial charge in [0.05, 0.1) is 6.61 Å². The van der Waals surface area contributed by atoms with Gasteiger partial charge in [0, 0.05) is 0 Å². The summed E-state index contributed by atoms with van der Waals surface area (Å²) in [5.41, 5.74) is 8.07. The summed E-state index contributed by atoms with van der Waals surface area (Å²) in [6.45, 7) is -0.319. The van der Waals surface area contributed by atoms with Crippen molar-refractivity contribution < 1.29 is 24.2 Å². The Morgan fingerprint density at radius 2 is 1.94 bits per heavy atom. The van der Waals surface area contributed by atoms with Crippen LogP contribution in [-0.4, -0.2) is 28.9 Å². The number of carbonyl (C=O) groups is 2. The first-order valence-electron chi connectivity index (χ1n) is 4.73. The maximum absolute atomic E-state index is 11.2. The fourth-order valence-electron chi connectivity index (χ4n) is 1.11. The summed E-state index contributed by atoms with van der Waals surface area (Å²) in [7, 11) is 0. The minimum absolute atomic E-state index is 0.165. The number of carboxylic acids is 1. The number of hydrogen-bond acceptors (Lipinski definition) is 4. The Balaban J connectivity index is 2.45.